The van der Waals surface area contributed by atoms with E-state index in [4.69, 9.17) is 4.42 Å². The number of aryl methyl sites for hydroxylation is 1. The van der Waals surface area contributed by atoms with Gasteiger partial charge in [-0.1, -0.05) is 15.9 Å². The van der Waals surface area contributed by atoms with Crippen LogP contribution in [0.2, 0.25) is 0 Å². The summed E-state index contributed by atoms with van der Waals surface area (Å²) in [4.78, 5) is 20.7. The third-order valence-electron chi connectivity index (χ3n) is 3.30. The van der Waals surface area contributed by atoms with Crippen LogP contribution < -0.4 is 10.6 Å². The van der Waals surface area contributed by atoms with Crippen molar-refractivity contribution in [2.75, 3.05) is 10.6 Å². The largest absolute Gasteiger partial charge is 0.467 e. The first-order valence-corrected chi connectivity index (χ1v) is 8.08. The number of hydrogen-bond donors (Lipinski definition) is 2. The van der Waals surface area contributed by atoms with Crippen LogP contribution in [0.25, 0.3) is 0 Å². The number of aromatic nitrogens is 2. The Bertz CT molecular complexity index is 850. The molecule has 1 amide bonds. The molecule has 2 aromatic heterocycles. The maximum absolute atomic E-state index is 12.3. The lowest BCUT2D eigenvalue weighted by Gasteiger charge is -2.08. The number of nitrogens with one attached hydrogen (secondary N) is 2. The Kier molecular flexibility index (Phi) is 4.90. The van der Waals surface area contributed by atoms with E-state index in [0.717, 1.165) is 15.8 Å². The van der Waals surface area contributed by atoms with Crippen LogP contribution in [-0.4, -0.2) is 15.9 Å². The van der Waals surface area contributed by atoms with Crippen molar-refractivity contribution in [1.29, 1.82) is 0 Å². The number of anilines is 2. The van der Waals surface area contributed by atoms with Gasteiger partial charge in [-0.25, -0.2) is 9.97 Å². The van der Waals surface area contributed by atoms with Gasteiger partial charge in [-0.05, 0) is 48.9 Å². The maximum Gasteiger partial charge on any atom is 0.274 e. The number of hydrogen-bond acceptors (Lipinski definition) is 5. The highest BCUT2D eigenvalue weighted by molar-refractivity contribution is 9.10. The van der Waals surface area contributed by atoms with Gasteiger partial charge in [0, 0.05) is 16.4 Å². The number of carbonyl (C=O) groups is 1. The van der Waals surface area contributed by atoms with E-state index in [-0.39, 0.29) is 11.6 Å². The molecular formula is C17H15BrN4O2. The molecule has 0 aliphatic carbocycles. The Balaban J connectivity index is 1.68. The van der Waals surface area contributed by atoms with E-state index in [1.165, 1.54) is 0 Å². The highest BCUT2D eigenvalue weighted by Gasteiger charge is 2.10. The quantitative estimate of drug-likeness (QED) is 0.692. The Hall–Kier alpha value is -2.67. The van der Waals surface area contributed by atoms with Crippen LogP contribution in [0, 0.1) is 6.92 Å². The van der Waals surface area contributed by atoms with Gasteiger partial charge in [-0.15, -0.1) is 0 Å². The highest BCUT2D eigenvalue weighted by atomic mass is 79.9. The highest BCUT2D eigenvalue weighted by Crippen LogP contribution is 2.20. The molecule has 3 aromatic rings. The second kappa shape index (κ2) is 7.27. The summed E-state index contributed by atoms with van der Waals surface area (Å²) in [7, 11) is 0. The summed E-state index contributed by atoms with van der Waals surface area (Å²) in [6.07, 6.45) is 3.14. The first kappa shape index (κ1) is 16.2. The molecule has 0 radical (unpaired) electrons. The SMILES string of the molecule is Cc1cc(NC(=O)c2ccnc(NCc3ccco3)n2)ccc1Br. The number of furan rings is 1. The van der Waals surface area contributed by atoms with Crippen molar-refractivity contribution in [2.45, 2.75) is 13.5 Å². The van der Waals surface area contributed by atoms with Crippen molar-refractivity contribution in [3.05, 3.63) is 70.3 Å². The normalized spacial score (nSPS) is 10.4. The molecule has 0 atom stereocenters. The van der Waals surface area contributed by atoms with Gasteiger partial charge in [0.1, 0.15) is 11.5 Å². The first-order valence-electron chi connectivity index (χ1n) is 7.28. The molecule has 0 unspecified atom stereocenters. The van der Waals surface area contributed by atoms with Gasteiger partial charge in [0.05, 0.1) is 12.8 Å². The fourth-order valence-electron chi connectivity index (χ4n) is 2.07. The van der Waals surface area contributed by atoms with E-state index >= 15 is 0 Å². The van der Waals surface area contributed by atoms with E-state index in [2.05, 4.69) is 36.5 Å². The van der Waals surface area contributed by atoms with Gasteiger partial charge in [-0.2, -0.15) is 0 Å². The summed E-state index contributed by atoms with van der Waals surface area (Å²) in [6.45, 7) is 2.41. The molecule has 0 aliphatic rings. The summed E-state index contributed by atoms with van der Waals surface area (Å²) in [5.74, 6) is 0.838. The van der Waals surface area contributed by atoms with E-state index in [0.29, 0.717) is 18.2 Å². The third kappa shape index (κ3) is 3.99. The minimum Gasteiger partial charge on any atom is -0.467 e. The van der Waals surface area contributed by atoms with Gasteiger partial charge in [0.2, 0.25) is 5.95 Å². The molecule has 0 bridgehead atoms. The monoisotopic (exact) mass is 386 g/mol. The van der Waals surface area contributed by atoms with E-state index in [9.17, 15) is 4.79 Å². The first-order chi connectivity index (χ1) is 11.6. The minimum atomic E-state index is -0.292. The number of carbonyl (C=O) groups excluding carboxylic acids is 1. The predicted molar refractivity (Wildman–Crippen MR) is 94.9 cm³/mol. The summed E-state index contributed by atoms with van der Waals surface area (Å²) in [6, 6.07) is 10.8. The van der Waals surface area contributed by atoms with Crippen molar-refractivity contribution in [3.63, 3.8) is 0 Å². The van der Waals surface area contributed by atoms with Crippen molar-refractivity contribution in [1.82, 2.24) is 9.97 Å². The lowest BCUT2D eigenvalue weighted by molar-refractivity contribution is 0.102. The van der Waals surface area contributed by atoms with E-state index < -0.39 is 0 Å². The molecule has 2 heterocycles. The summed E-state index contributed by atoms with van der Waals surface area (Å²) in [5, 5.41) is 5.85. The number of nitrogens with zero attached hydrogens (tertiary/aromatic N) is 2. The second-order valence-corrected chi connectivity index (χ2v) is 5.97. The minimum absolute atomic E-state index is 0.285. The van der Waals surface area contributed by atoms with Gasteiger partial charge < -0.3 is 15.1 Å². The Morgan fingerprint density at radius 2 is 2.17 bits per heavy atom. The Labute approximate surface area is 147 Å². The van der Waals surface area contributed by atoms with Crippen molar-refractivity contribution < 1.29 is 9.21 Å². The average molecular weight is 387 g/mol. The summed E-state index contributed by atoms with van der Waals surface area (Å²) < 4.78 is 6.22. The lowest BCUT2D eigenvalue weighted by Crippen LogP contribution is -2.15. The van der Waals surface area contributed by atoms with Crippen molar-refractivity contribution in [2.24, 2.45) is 0 Å². The molecule has 6 nitrogen and oxygen atoms in total. The van der Waals surface area contributed by atoms with Gasteiger partial charge in [-0.3, -0.25) is 4.79 Å². The molecule has 7 heteroatoms. The second-order valence-electron chi connectivity index (χ2n) is 5.12. The fraction of sp³-hybridized carbons (Fsp3) is 0.118. The van der Waals surface area contributed by atoms with Crippen LogP contribution in [0.1, 0.15) is 21.8 Å². The predicted octanol–water partition coefficient (Wildman–Crippen LogP) is 4.00. The van der Waals surface area contributed by atoms with Gasteiger partial charge in [0.15, 0.2) is 0 Å². The average Bonchev–Trinajstić information content (AvgIpc) is 3.10. The molecule has 0 spiro atoms. The summed E-state index contributed by atoms with van der Waals surface area (Å²) >= 11 is 3.43. The fourth-order valence-corrected chi connectivity index (χ4v) is 2.31. The lowest BCUT2D eigenvalue weighted by atomic mass is 10.2. The molecule has 0 saturated heterocycles. The zero-order chi connectivity index (χ0) is 16.9. The van der Waals surface area contributed by atoms with Crippen molar-refractivity contribution in [3.8, 4) is 0 Å². The van der Waals surface area contributed by atoms with Crippen LogP contribution >= 0.6 is 15.9 Å². The standard InChI is InChI=1S/C17H15BrN4O2/c1-11-9-12(4-5-14(11)18)21-16(23)15-6-7-19-17(22-15)20-10-13-3-2-8-24-13/h2-9H,10H2,1H3,(H,21,23)(H,19,20,22). The van der Waals surface area contributed by atoms with Crippen LogP contribution in [0.15, 0.2) is 57.7 Å². The van der Waals surface area contributed by atoms with Crippen LogP contribution in [0.5, 0.6) is 0 Å². The molecule has 1 aromatic carbocycles. The van der Waals surface area contributed by atoms with Crippen LogP contribution in [-0.2, 0) is 6.54 Å². The molecule has 0 fully saturated rings. The maximum atomic E-state index is 12.3. The topological polar surface area (TPSA) is 80.0 Å². The Morgan fingerprint density at radius 3 is 2.92 bits per heavy atom. The van der Waals surface area contributed by atoms with Crippen molar-refractivity contribution >= 4 is 33.5 Å². The molecule has 0 aliphatic heterocycles. The third-order valence-corrected chi connectivity index (χ3v) is 4.19. The molecule has 24 heavy (non-hydrogen) atoms. The molecular weight excluding hydrogens is 372 g/mol. The van der Waals surface area contributed by atoms with Crippen LogP contribution in [0.3, 0.4) is 0 Å². The summed E-state index contributed by atoms with van der Waals surface area (Å²) in [5.41, 5.74) is 2.04. The number of halogens is 1. The van der Waals surface area contributed by atoms with Gasteiger partial charge >= 0.3 is 0 Å². The molecule has 0 saturated carbocycles. The number of rotatable bonds is 5. The molecule has 122 valence electrons. The zero-order valence-electron chi connectivity index (χ0n) is 12.9. The number of amides is 1. The van der Waals surface area contributed by atoms with Gasteiger partial charge in [0.25, 0.3) is 5.91 Å². The smallest absolute Gasteiger partial charge is 0.274 e. The Morgan fingerprint density at radius 1 is 1.29 bits per heavy atom. The van der Waals surface area contributed by atoms with E-state index in [1.807, 2.05) is 37.3 Å². The van der Waals surface area contributed by atoms with E-state index in [1.54, 1.807) is 18.5 Å². The molecule has 3 rings (SSSR count). The van der Waals surface area contributed by atoms with Crippen LogP contribution in [0.4, 0.5) is 11.6 Å². The number of benzene rings is 1. The zero-order valence-corrected chi connectivity index (χ0v) is 14.5. The molecule has 2 N–H and O–H groups in total.